The first-order valence-corrected chi connectivity index (χ1v) is 12.2. The summed E-state index contributed by atoms with van der Waals surface area (Å²) in [6.07, 6.45) is 3.96. The molecule has 0 atom stereocenters. The summed E-state index contributed by atoms with van der Waals surface area (Å²) in [5.74, 6) is 0.641. The van der Waals surface area contributed by atoms with Crippen LogP contribution in [-0.2, 0) is 19.4 Å². The van der Waals surface area contributed by atoms with Gasteiger partial charge in [0.2, 0.25) is 0 Å². The number of H-pyrrole nitrogens is 1. The average Bonchev–Trinajstić information content (AvgIpc) is 2.79. The fraction of sp³-hybridized carbons (Fsp3) is 0.360. The standard InChI is InChI=1S/C25H27BrClN3O2/c26-23-7-6-21(27)15-20(23)14-18-8-11-29(12-9-18)13-10-22-16-24(31)30(25(32)28-22)17-19-4-2-1-3-5-19/h1-7,15-16,18H,8-14,17H2,(H,28,32). The second-order valence-electron chi connectivity index (χ2n) is 8.48. The number of likely N-dealkylation sites (tertiary alicyclic amines) is 1. The van der Waals surface area contributed by atoms with Gasteiger partial charge in [-0.2, -0.15) is 0 Å². The SMILES string of the molecule is O=c1cc(CCN2CCC(Cc3cc(Cl)ccc3Br)CC2)[nH]c(=O)n1Cc1ccccc1. The Morgan fingerprint density at radius 2 is 1.78 bits per heavy atom. The summed E-state index contributed by atoms with van der Waals surface area (Å²) < 4.78 is 2.37. The van der Waals surface area contributed by atoms with Gasteiger partial charge in [-0.15, -0.1) is 0 Å². The maximum atomic E-state index is 12.5. The van der Waals surface area contributed by atoms with E-state index >= 15 is 0 Å². The molecule has 2 aromatic carbocycles. The van der Waals surface area contributed by atoms with Gasteiger partial charge in [-0.25, -0.2) is 4.79 Å². The first-order chi connectivity index (χ1) is 15.5. The van der Waals surface area contributed by atoms with Crippen molar-refractivity contribution in [1.29, 1.82) is 0 Å². The topological polar surface area (TPSA) is 58.1 Å². The van der Waals surface area contributed by atoms with Crippen LogP contribution in [0, 0.1) is 5.92 Å². The van der Waals surface area contributed by atoms with Gasteiger partial charge in [0, 0.05) is 34.2 Å². The molecule has 0 aliphatic carbocycles. The summed E-state index contributed by atoms with van der Waals surface area (Å²) in [4.78, 5) is 30.3. The van der Waals surface area contributed by atoms with Crippen LogP contribution in [-0.4, -0.2) is 34.1 Å². The van der Waals surface area contributed by atoms with Gasteiger partial charge in [0.1, 0.15) is 0 Å². The lowest BCUT2D eigenvalue weighted by atomic mass is 9.90. The number of halogens is 2. The summed E-state index contributed by atoms with van der Waals surface area (Å²) >= 11 is 9.78. The van der Waals surface area contributed by atoms with Gasteiger partial charge < -0.3 is 9.88 Å². The van der Waals surface area contributed by atoms with Crippen molar-refractivity contribution >= 4 is 27.5 Å². The molecule has 1 fully saturated rings. The summed E-state index contributed by atoms with van der Waals surface area (Å²) in [7, 11) is 0. The number of hydrogen-bond acceptors (Lipinski definition) is 3. The molecule has 1 aromatic heterocycles. The van der Waals surface area contributed by atoms with E-state index in [0.29, 0.717) is 18.0 Å². The Labute approximate surface area is 201 Å². The third kappa shape index (κ3) is 6.00. The molecule has 0 unspecified atom stereocenters. The van der Waals surface area contributed by atoms with Gasteiger partial charge in [0.15, 0.2) is 0 Å². The molecule has 7 heteroatoms. The van der Waals surface area contributed by atoms with Gasteiger partial charge in [0.05, 0.1) is 6.54 Å². The van der Waals surface area contributed by atoms with Gasteiger partial charge in [-0.05, 0) is 67.6 Å². The highest BCUT2D eigenvalue weighted by Crippen LogP contribution is 2.28. The Morgan fingerprint density at radius 3 is 2.50 bits per heavy atom. The van der Waals surface area contributed by atoms with E-state index < -0.39 is 0 Å². The zero-order valence-corrected chi connectivity index (χ0v) is 20.2. The van der Waals surface area contributed by atoms with E-state index in [1.54, 1.807) is 6.07 Å². The van der Waals surface area contributed by atoms with E-state index in [9.17, 15) is 9.59 Å². The van der Waals surface area contributed by atoms with Crippen LogP contribution in [0.5, 0.6) is 0 Å². The number of aromatic nitrogens is 2. The van der Waals surface area contributed by atoms with E-state index in [0.717, 1.165) is 54.0 Å². The normalized spacial score (nSPS) is 15.2. The van der Waals surface area contributed by atoms with Crippen LogP contribution in [0.1, 0.15) is 29.7 Å². The number of benzene rings is 2. The van der Waals surface area contributed by atoms with Crippen LogP contribution in [0.25, 0.3) is 0 Å². The quantitative estimate of drug-likeness (QED) is 0.503. The first-order valence-electron chi connectivity index (χ1n) is 11.0. The maximum Gasteiger partial charge on any atom is 0.328 e. The summed E-state index contributed by atoms with van der Waals surface area (Å²) in [5.41, 5.74) is 2.31. The monoisotopic (exact) mass is 515 g/mol. The zero-order valence-electron chi connectivity index (χ0n) is 17.9. The molecule has 32 heavy (non-hydrogen) atoms. The fourth-order valence-corrected chi connectivity index (χ4v) is 4.93. The van der Waals surface area contributed by atoms with E-state index in [2.05, 4.69) is 25.8 Å². The molecule has 1 aliphatic heterocycles. The lowest BCUT2D eigenvalue weighted by molar-refractivity contribution is 0.185. The van der Waals surface area contributed by atoms with Crippen molar-refractivity contribution in [3.05, 3.63) is 102 Å². The second kappa shape index (κ2) is 10.6. The highest BCUT2D eigenvalue weighted by molar-refractivity contribution is 9.10. The van der Waals surface area contributed by atoms with Crippen molar-refractivity contribution in [3.63, 3.8) is 0 Å². The van der Waals surface area contributed by atoms with E-state index in [1.807, 2.05) is 48.5 Å². The van der Waals surface area contributed by atoms with Gasteiger partial charge in [0.25, 0.3) is 5.56 Å². The average molecular weight is 517 g/mol. The van der Waals surface area contributed by atoms with Crippen LogP contribution >= 0.6 is 27.5 Å². The van der Waals surface area contributed by atoms with Gasteiger partial charge in [-0.1, -0.05) is 57.9 Å². The van der Waals surface area contributed by atoms with Crippen LogP contribution in [0.3, 0.4) is 0 Å². The summed E-state index contributed by atoms with van der Waals surface area (Å²) in [5, 5.41) is 0.778. The smallest absolute Gasteiger partial charge is 0.311 e. The van der Waals surface area contributed by atoms with Crippen molar-refractivity contribution in [3.8, 4) is 0 Å². The molecule has 2 heterocycles. The molecule has 1 N–H and O–H groups in total. The minimum Gasteiger partial charge on any atom is -0.311 e. The molecule has 168 valence electrons. The Hall–Kier alpha value is -2.15. The summed E-state index contributed by atoms with van der Waals surface area (Å²) in [6, 6.07) is 17.1. The third-order valence-corrected chi connectivity index (χ3v) is 7.19. The lowest BCUT2D eigenvalue weighted by Gasteiger charge is -2.32. The predicted molar refractivity (Wildman–Crippen MR) is 133 cm³/mol. The van der Waals surface area contributed by atoms with Crippen LogP contribution in [0.15, 0.2) is 68.7 Å². The van der Waals surface area contributed by atoms with Crippen molar-refractivity contribution in [2.45, 2.75) is 32.2 Å². The maximum absolute atomic E-state index is 12.5. The van der Waals surface area contributed by atoms with Crippen LogP contribution in [0.4, 0.5) is 0 Å². The molecule has 0 radical (unpaired) electrons. The van der Waals surface area contributed by atoms with Crippen molar-refractivity contribution in [2.75, 3.05) is 19.6 Å². The molecular formula is C25H27BrClN3O2. The molecule has 3 aromatic rings. The van der Waals surface area contributed by atoms with Gasteiger partial charge in [-0.3, -0.25) is 9.36 Å². The Balaban J connectivity index is 1.29. The Kier molecular flexibility index (Phi) is 7.66. The minimum atomic E-state index is -0.345. The van der Waals surface area contributed by atoms with Crippen molar-refractivity contribution in [2.24, 2.45) is 5.92 Å². The molecule has 0 amide bonds. The Morgan fingerprint density at radius 1 is 1.03 bits per heavy atom. The van der Waals surface area contributed by atoms with Crippen molar-refractivity contribution in [1.82, 2.24) is 14.5 Å². The molecule has 0 saturated carbocycles. The second-order valence-corrected chi connectivity index (χ2v) is 9.78. The minimum absolute atomic E-state index is 0.251. The molecule has 0 bridgehead atoms. The lowest BCUT2D eigenvalue weighted by Crippen LogP contribution is -2.38. The van der Waals surface area contributed by atoms with E-state index in [-0.39, 0.29) is 17.8 Å². The number of rotatable bonds is 7. The Bertz CT molecular complexity index is 1140. The van der Waals surface area contributed by atoms with Crippen LogP contribution in [0.2, 0.25) is 5.02 Å². The zero-order chi connectivity index (χ0) is 22.5. The number of hydrogen-bond donors (Lipinski definition) is 1. The molecule has 0 spiro atoms. The largest absolute Gasteiger partial charge is 0.328 e. The number of nitrogens with zero attached hydrogens (tertiary/aromatic N) is 2. The molecule has 4 rings (SSSR count). The molecule has 5 nitrogen and oxygen atoms in total. The third-order valence-electron chi connectivity index (χ3n) is 6.18. The van der Waals surface area contributed by atoms with Gasteiger partial charge >= 0.3 is 5.69 Å². The molecule has 1 saturated heterocycles. The number of nitrogens with one attached hydrogen (secondary N) is 1. The van der Waals surface area contributed by atoms with Crippen molar-refractivity contribution < 1.29 is 0 Å². The van der Waals surface area contributed by atoms with Crippen LogP contribution < -0.4 is 11.2 Å². The predicted octanol–water partition coefficient (Wildman–Crippen LogP) is 4.50. The first kappa shape index (κ1) is 23.0. The highest BCUT2D eigenvalue weighted by Gasteiger charge is 2.20. The molecular weight excluding hydrogens is 490 g/mol. The summed E-state index contributed by atoms with van der Waals surface area (Å²) in [6.45, 7) is 3.17. The highest BCUT2D eigenvalue weighted by atomic mass is 79.9. The van der Waals surface area contributed by atoms with E-state index in [1.165, 1.54) is 10.1 Å². The fourth-order valence-electron chi connectivity index (χ4n) is 4.32. The van der Waals surface area contributed by atoms with E-state index in [4.69, 9.17) is 11.6 Å². The number of piperidine rings is 1. The molecule has 1 aliphatic rings. The number of aromatic amines is 1.